The van der Waals surface area contributed by atoms with Gasteiger partial charge in [-0.3, -0.25) is 14.5 Å². The summed E-state index contributed by atoms with van der Waals surface area (Å²) in [6.45, 7) is 8.12. The van der Waals surface area contributed by atoms with Gasteiger partial charge in [-0.15, -0.1) is 0 Å². The monoisotopic (exact) mass is 438 g/mol. The first kappa shape index (κ1) is 22.4. The summed E-state index contributed by atoms with van der Waals surface area (Å²) in [6.07, 6.45) is 3.01. The molecule has 1 atom stereocenters. The SMILES string of the molecule is Cc1nc([C@H]2CCN(C(=O)CCc3ccc(F)cc3)C2)nc2c1CCC(=O)N2CC(C)C. The van der Waals surface area contributed by atoms with Crippen LogP contribution in [0.1, 0.15) is 61.7 Å². The highest BCUT2D eigenvalue weighted by molar-refractivity contribution is 5.95. The Morgan fingerprint density at radius 3 is 2.66 bits per heavy atom. The summed E-state index contributed by atoms with van der Waals surface area (Å²) >= 11 is 0. The summed E-state index contributed by atoms with van der Waals surface area (Å²) in [6, 6.07) is 6.30. The number of carbonyl (C=O) groups excluding carboxylic acids is 2. The molecular weight excluding hydrogens is 407 g/mol. The van der Waals surface area contributed by atoms with E-state index in [1.807, 2.05) is 16.7 Å². The number of aryl methyl sites for hydroxylation is 2. The van der Waals surface area contributed by atoms with E-state index in [2.05, 4.69) is 13.8 Å². The Balaban J connectivity index is 1.45. The van der Waals surface area contributed by atoms with Crippen LogP contribution in [0.5, 0.6) is 0 Å². The second kappa shape index (κ2) is 9.35. The fraction of sp³-hybridized carbons (Fsp3) is 0.520. The van der Waals surface area contributed by atoms with Crippen LogP contribution in [-0.2, 0) is 22.4 Å². The lowest BCUT2D eigenvalue weighted by Crippen LogP contribution is -2.39. The Hall–Kier alpha value is -2.83. The molecule has 0 bridgehead atoms. The molecule has 7 heteroatoms. The van der Waals surface area contributed by atoms with Gasteiger partial charge in [0.1, 0.15) is 17.5 Å². The van der Waals surface area contributed by atoms with Gasteiger partial charge in [-0.2, -0.15) is 0 Å². The molecule has 2 aliphatic heterocycles. The molecule has 0 unspecified atom stereocenters. The highest BCUT2D eigenvalue weighted by atomic mass is 19.1. The number of carbonyl (C=O) groups is 2. The van der Waals surface area contributed by atoms with Crippen molar-refractivity contribution >= 4 is 17.6 Å². The number of halogens is 1. The van der Waals surface area contributed by atoms with Crippen molar-refractivity contribution < 1.29 is 14.0 Å². The van der Waals surface area contributed by atoms with E-state index >= 15 is 0 Å². The van der Waals surface area contributed by atoms with E-state index in [9.17, 15) is 14.0 Å². The number of fused-ring (bicyclic) bond motifs is 1. The molecule has 0 aliphatic carbocycles. The molecule has 6 nitrogen and oxygen atoms in total. The van der Waals surface area contributed by atoms with E-state index in [-0.39, 0.29) is 23.5 Å². The predicted molar refractivity (Wildman–Crippen MR) is 121 cm³/mol. The highest BCUT2D eigenvalue weighted by Gasteiger charge is 2.33. The molecule has 170 valence electrons. The number of rotatable bonds is 6. The van der Waals surface area contributed by atoms with Crippen LogP contribution in [0.25, 0.3) is 0 Å². The van der Waals surface area contributed by atoms with Gasteiger partial charge in [-0.25, -0.2) is 14.4 Å². The first-order chi connectivity index (χ1) is 15.3. The summed E-state index contributed by atoms with van der Waals surface area (Å²) in [5.41, 5.74) is 2.96. The van der Waals surface area contributed by atoms with Crippen molar-refractivity contribution in [1.82, 2.24) is 14.9 Å². The summed E-state index contributed by atoms with van der Waals surface area (Å²) in [7, 11) is 0. The van der Waals surface area contributed by atoms with Crippen molar-refractivity contribution in [3.63, 3.8) is 0 Å². The van der Waals surface area contributed by atoms with Crippen LogP contribution in [0.3, 0.4) is 0 Å². The van der Waals surface area contributed by atoms with Gasteiger partial charge in [-0.1, -0.05) is 26.0 Å². The molecule has 1 aromatic carbocycles. The molecule has 2 aliphatic rings. The lowest BCUT2D eigenvalue weighted by Gasteiger charge is -2.31. The Kier molecular flexibility index (Phi) is 6.53. The van der Waals surface area contributed by atoms with Crippen molar-refractivity contribution in [2.24, 2.45) is 5.92 Å². The average molecular weight is 439 g/mol. The zero-order valence-corrected chi connectivity index (χ0v) is 19.1. The maximum Gasteiger partial charge on any atom is 0.228 e. The molecule has 32 heavy (non-hydrogen) atoms. The molecule has 0 spiro atoms. The number of nitrogens with zero attached hydrogens (tertiary/aromatic N) is 4. The maximum absolute atomic E-state index is 13.1. The number of anilines is 1. The van der Waals surface area contributed by atoms with Crippen LogP contribution in [0.4, 0.5) is 10.2 Å². The number of hydrogen-bond acceptors (Lipinski definition) is 4. The summed E-state index contributed by atoms with van der Waals surface area (Å²) in [5.74, 6) is 1.88. The summed E-state index contributed by atoms with van der Waals surface area (Å²) in [5, 5.41) is 0. The van der Waals surface area contributed by atoms with Gasteiger partial charge >= 0.3 is 0 Å². The van der Waals surface area contributed by atoms with Crippen molar-refractivity contribution in [3.05, 3.63) is 52.7 Å². The number of amides is 2. The Labute approximate surface area is 188 Å². The number of benzene rings is 1. The van der Waals surface area contributed by atoms with E-state index in [0.29, 0.717) is 51.2 Å². The third kappa shape index (κ3) is 4.81. The molecular formula is C25H31FN4O2. The first-order valence-electron chi connectivity index (χ1n) is 11.5. The third-order valence-electron chi connectivity index (χ3n) is 6.35. The number of hydrogen-bond donors (Lipinski definition) is 0. The maximum atomic E-state index is 13.1. The minimum Gasteiger partial charge on any atom is -0.342 e. The minimum atomic E-state index is -0.267. The summed E-state index contributed by atoms with van der Waals surface area (Å²) in [4.78, 5) is 38.7. The van der Waals surface area contributed by atoms with Crippen LogP contribution >= 0.6 is 0 Å². The standard InChI is InChI=1S/C25H31FN4O2/c1-16(2)14-30-23(32)11-9-21-17(3)27-24(28-25(21)30)19-12-13-29(15-19)22(31)10-6-18-4-7-20(26)8-5-18/h4-5,7-8,16,19H,6,9-15H2,1-3H3/t19-/m0/s1. The molecule has 0 saturated carbocycles. The van der Waals surface area contributed by atoms with Gasteiger partial charge in [0, 0.05) is 49.7 Å². The smallest absolute Gasteiger partial charge is 0.228 e. The van der Waals surface area contributed by atoms with Gasteiger partial charge in [0.2, 0.25) is 11.8 Å². The first-order valence-corrected chi connectivity index (χ1v) is 11.5. The van der Waals surface area contributed by atoms with Crippen LogP contribution in [0, 0.1) is 18.7 Å². The van der Waals surface area contributed by atoms with E-state index in [1.165, 1.54) is 12.1 Å². The van der Waals surface area contributed by atoms with Crippen molar-refractivity contribution in [3.8, 4) is 0 Å². The molecule has 1 saturated heterocycles. The Morgan fingerprint density at radius 1 is 1.19 bits per heavy atom. The van der Waals surface area contributed by atoms with Crippen LogP contribution in [0.15, 0.2) is 24.3 Å². The second-order valence-electron chi connectivity index (χ2n) is 9.32. The molecule has 0 radical (unpaired) electrons. The van der Waals surface area contributed by atoms with Crippen LogP contribution < -0.4 is 4.90 Å². The molecule has 2 amide bonds. The van der Waals surface area contributed by atoms with Crippen LogP contribution in [-0.4, -0.2) is 46.3 Å². The molecule has 0 N–H and O–H groups in total. The number of aromatic nitrogens is 2. The van der Waals surface area contributed by atoms with E-state index in [1.54, 1.807) is 12.1 Å². The Morgan fingerprint density at radius 2 is 1.94 bits per heavy atom. The van der Waals surface area contributed by atoms with Gasteiger partial charge in [-0.05, 0) is 49.8 Å². The van der Waals surface area contributed by atoms with Gasteiger partial charge in [0.15, 0.2) is 0 Å². The third-order valence-corrected chi connectivity index (χ3v) is 6.35. The molecule has 4 rings (SSSR count). The van der Waals surface area contributed by atoms with E-state index < -0.39 is 0 Å². The van der Waals surface area contributed by atoms with Crippen molar-refractivity contribution in [1.29, 1.82) is 0 Å². The second-order valence-corrected chi connectivity index (χ2v) is 9.32. The van der Waals surface area contributed by atoms with Crippen molar-refractivity contribution in [2.75, 3.05) is 24.5 Å². The Bertz CT molecular complexity index is 1010. The fourth-order valence-electron chi connectivity index (χ4n) is 4.60. The zero-order chi connectivity index (χ0) is 22.8. The lowest BCUT2D eigenvalue weighted by atomic mass is 10.0. The molecule has 1 fully saturated rings. The molecule has 2 aromatic rings. The van der Waals surface area contributed by atoms with E-state index in [0.717, 1.165) is 34.9 Å². The zero-order valence-electron chi connectivity index (χ0n) is 19.1. The normalized spacial score (nSPS) is 18.4. The fourth-order valence-corrected chi connectivity index (χ4v) is 4.60. The minimum absolute atomic E-state index is 0.0756. The van der Waals surface area contributed by atoms with Gasteiger partial charge in [0.25, 0.3) is 0 Å². The predicted octanol–water partition coefficient (Wildman–Crippen LogP) is 3.81. The van der Waals surface area contributed by atoms with E-state index in [4.69, 9.17) is 9.97 Å². The quantitative estimate of drug-likeness (QED) is 0.688. The topological polar surface area (TPSA) is 66.4 Å². The lowest BCUT2D eigenvalue weighted by molar-refractivity contribution is -0.130. The average Bonchev–Trinajstić information content (AvgIpc) is 3.25. The number of likely N-dealkylation sites (tertiary alicyclic amines) is 1. The van der Waals surface area contributed by atoms with Gasteiger partial charge < -0.3 is 4.90 Å². The summed E-state index contributed by atoms with van der Waals surface area (Å²) < 4.78 is 13.1. The largest absolute Gasteiger partial charge is 0.342 e. The van der Waals surface area contributed by atoms with Crippen LogP contribution in [0.2, 0.25) is 0 Å². The molecule has 3 heterocycles. The van der Waals surface area contributed by atoms with Crippen molar-refractivity contribution in [2.45, 2.75) is 58.8 Å². The molecule has 1 aromatic heterocycles. The highest BCUT2D eigenvalue weighted by Crippen LogP contribution is 2.32. The van der Waals surface area contributed by atoms with Gasteiger partial charge in [0.05, 0.1) is 0 Å².